The fourth-order valence-corrected chi connectivity index (χ4v) is 12.8. The van der Waals surface area contributed by atoms with Gasteiger partial charge in [0.2, 0.25) is 0 Å². The number of rotatable bonds is 4. The number of allylic oxidation sites excluding steroid dienone is 1. The summed E-state index contributed by atoms with van der Waals surface area (Å²) in [4.78, 5) is 0. The minimum atomic E-state index is -1.25. The molecule has 1 heterocycles. The SMILES string of the molecule is C=C(C)[C@@H]1CC[C@]2(CO)CC[C@]3(C)[C@H](CCC4[C@@]5(C)CC[C@@H](O[C@@H]6OC[C@@H](O)[C@H](O)[C@H]6O)C(C)(C)[C@@H]5CC[C@]43C)[C@@H]12. The van der Waals surface area contributed by atoms with Crippen molar-refractivity contribution in [3.8, 4) is 0 Å². The molecule has 41 heavy (non-hydrogen) atoms. The molecule has 5 saturated carbocycles. The van der Waals surface area contributed by atoms with Gasteiger partial charge in [0, 0.05) is 6.61 Å². The lowest BCUT2D eigenvalue weighted by molar-refractivity contribution is -0.311. The van der Waals surface area contributed by atoms with Crippen LogP contribution in [0.15, 0.2) is 12.2 Å². The second kappa shape index (κ2) is 10.0. The molecule has 0 aromatic heterocycles. The molecule has 6 nitrogen and oxygen atoms in total. The van der Waals surface area contributed by atoms with Crippen molar-refractivity contribution in [1.82, 2.24) is 0 Å². The van der Waals surface area contributed by atoms with E-state index < -0.39 is 24.6 Å². The van der Waals surface area contributed by atoms with Gasteiger partial charge in [-0.2, -0.15) is 0 Å². The minimum Gasteiger partial charge on any atom is -0.396 e. The van der Waals surface area contributed by atoms with E-state index in [-0.39, 0.29) is 39.8 Å². The first-order chi connectivity index (χ1) is 19.2. The molecule has 14 atom stereocenters. The van der Waals surface area contributed by atoms with Gasteiger partial charge in [0.15, 0.2) is 6.29 Å². The predicted octanol–water partition coefficient (Wildman–Crippen LogP) is 5.46. The highest BCUT2D eigenvalue weighted by atomic mass is 16.7. The Bertz CT molecular complexity index is 1030. The summed E-state index contributed by atoms with van der Waals surface area (Å²) >= 11 is 0. The Hall–Kier alpha value is -0.500. The first kappa shape index (κ1) is 30.5. The molecular formula is C35H58O6. The third kappa shape index (κ3) is 4.09. The predicted molar refractivity (Wildman–Crippen MR) is 159 cm³/mol. The Balaban J connectivity index is 1.27. The first-order valence-corrected chi connectivity index (χ1v) is 16.7. The standard InChI is InChI=1S/C35H58O6/c1-20(2)21-10-15-35(19-36)17-16-33(6)22(27(21)35)8-9-25-32(5)13-12-26(31(3,4)24(32)11-14-34(25,33)7)41-30-29(39)28(38)23(37)18-40-30/h21-30,36-39H,1,8-19H2,2-7H3/t21-,22+,23+,24-,25?,26+,27+,28-,29+,30-,32-,33+,34+,35+/m0/s1. The Kier molecular flexibility index (Phi) is 7.45. The molecule has 5 aliphatic carbocycles. The van der Waals surface area contributed by atoms with Crippen LogP contribution in [0, 0.1) is 56.7 Å². The van der Waals surface area contributed by atoms with Gasteiger partial charge in [0.25, 0.3) is 0 Å². The lowest BCUT2D eigenvalue weighted by Crippen LogP contribution is -2.67. The molecule has 0 aromatic carbocycles. The van der Waals surface area contributed by atoms with E-state index in [0.717, 1.165) is 25.7 Å². The van der Waals surface area contributed by atoms with E-state index >= 15 is 0 Å². The number of ether oxygens (including phenoxy) is 2. The van der Waals surface area contributed by atoms with Gasteiger partial charge in [-0.25, -0.2) is 0 Å². The third-order valence-electron chi connectivity index (χ3n) is 15.2. The van der Waals surface area contributed by atoms with E-state index in [1.165, 1.54) is 44.1 Å². The monoisotopic (exact) mass is 574 g/mol. The molecule has 4 N–H and O–H groups in total. The molecule has 1 saturated heterocycles. The van der Waals surface area contributed by atoms with Crippen molar-refractivity contribution in [3.63, 3.8) is 0 Å². The minimum absolute atomic E-state index is 0.0256. The summed E-state index contributed by atoms with van der Waals surface area (Å²) < 4.78 is 12.1. The zero-order valence-corrected chi connectivity index (χ0v) is 26.6. The summed E-state index contributed by atoms with van der Waals surface area (Å²) in [7, 11) is 0. The quantitative estimate of drug-likeness (QED) is 0.263. The Morgan fingerprint density at radius 3 is 2.24 bits per heavy atom. The smallest absolute Gasteiger partial charge is 0.186 e. The van der Waals surface area contributed by atoms with Crippen LogP contribution >= 0.6 is 0 Å². The first-order valence-electron chi connectivity index (χ1n) is 16.7. The van der Waals surface area contributed by atoms with Crippen LogP contribution in [0.25, 0.3) is 0 Å². The van der Waals surface area contributed by atoms with Crippen LogP contribution in [0.2, 0.25) is 0 Å². The van der Waals surface area contributed by atoms with E-state index in [1.54, 1.807) is 0 Å². The number of fused-ring (bicyclic) bond motifs is 7. The van der Waals surface area contributed by atoms with Gasteiger partial charge in [-0.05, 0) is 128 Å². The van der Waals surface area contributed by atoms with E-state index in [4.69, 9.17) is 9.47 Å². The van der Waals surface area contributed by atoms with Crippen molar-refractivity contribution in [2.75, 3.05) is 13.2 Å². The maximum atomic E-state index is 10.8. The molecular weight excluding hydrogens is 516 g/mol. The highest BCUT2D eigenvalue weighted by Crippen LogP contribution is 2.77. The van der Waals surface area contributed by atoms with Gasteiger partial charge in [0.1, 0.15) is 18.3 Å². The van der Waals surface area contributed by atoms with Crippen LogP contribution in [-0.4, -0.2) is 64.3 Å². The van der Waals surface area contributed by atoms with Crippen molar-refractivity contribution in [2.45, 2.75) is 136 Å². The average molecular weight is 575 g/mol. The van der Waals surface area contributed by atoms with E-state index in [0.29, 0.717) is 36.2 Å². The normalized spacial score (nSPS) is 56.2. The van der Waals surface area contributed by atoms with Crippen molar-refractivity contribution in [2.24, 2.45) is 56.7 Å². The summed E-state index contributed by atoms with van der Waals surface area (Å²) in [5.41, 5.74) is 2.04. The second-order valence-corrected chi connectivity index (χ2v) is 16.9. The molecule has 6 rings (SSSR count). The van der Waals surface area contributed by atoms with Crippen LogP contribution in [0.5, 0.6) is 0 Å². The van der Waals surface area contributed by atoms with Crippen LogP contribution in [-0.2, 0) is 9.47 Å². The van der Waals surface area contributed by atoms with E-state index in [9.17, 15) is 20.4 Å². The van der Waals surface area contributed by atoms with Gasteiger partial charge < -0.3 is 29.9 Å². The molecule has 0 spiro atoms. The number of aliphatic hydroxyl groups excluding tert-OH is 4. The van der Waals surface area contributed by atoms with Crippen molar-refractivity contribution < 1.29 is 29.9 Å². The van der Waals surface area contributed by atoms with Crippen LogP contribution in [0.1, 0.15) is 106 Å². The molecule has 234 valence electrons. The summed E-state index contributed by atoms with van der Waals surface area (Å²) in [5.74, 6) is 2.90. The molecule has 1 unspecified atom stereocenters. The van der Waals surface area contributed by atoms with Gasteiger partial charge in [0.05, 0.1) is 12.7 Å². The average Bonchev–Trinajstić information content (AvgIpc) is 3.31. The Morgan fingerprint density at radius 2 is 1.56 bits per heavy atom. The van der Waals surface area contributed by atoms with Crippen molar-refractivity contribution in [3.05, 3.63) is 12.2 Å². The molecule has 1 aliphatic heterocycles. The summed E-state index contributed by atoms with van der Waals surface area (Å²) in [6.07, 6.45) is 7.09. The molecule has 0 amide bonds. The summed E-state index contributed by atoms with van der Waals surface area (Å²) in [6.45, 7) is 19.6. The zero-order valence-electron chi connectivity index (χ0n) is 26.6. The number of aliphatic hydroxyl groups is 4. The number of hydrogen-bond acceptors (Lipinski definition) is 6. The molecule has 0 bridgehead atoms. The van der Waals surface area contributed by atoms with Gasteiger partial charge in [-0.1, -0.05) is 46.8 Å². The fourth-order valence-electron chi connectivity index (χ4n) is 12.8. The molecule has 6 aliphatic rings. The lowest BCUT2D eigenvalue weighted by atomic mass is 9.32. The fraction of sp³-hybridized carbons (Fsp3) is 0.943. The maximum absolute atomic E-state index is 10.8. The summed E-state index contributed by atoms with van der Waals surface area (Å²) in [5, 5.41) is 41.5. The number of hydrogen-bond donors (Lipinski definition) is 4. The van der Waals surface area contributed by atoms with Gasteiger partial charge in [-0.15, -0.1) is 0 Å². The van der Waals surface area contributed by atoms with Crippen LogP contribution < -0.4 is 0 Å². The molecule has 6 fully saturated rings. The highest BCUT2D eigenvalue weighted by molar-refractivity contribution is 5.21. The second-order valence-electron chi connectivity index (χ2n) is 16.9. The Morgan fingerprint density at radius 1 is 0.829 bits per heavy atom. The van der Waals surface area contributed by atoms with E-state index in [1.807, 2.05) is 0 Å². The third-order valence-corrected chi connectivity index (χ3v) is 15.2. The zero-order chi connectivity index (χ0) is 29.8. The topological polar surface area (TPSA) is 99.4 Å². The van der Waals surface area contributed by atoms with Gasteiger partial charge in [-0.3, -0.25) is 0 Å². The van der Waals surface area contributed by atoms with E-state index in [2.05, 4.69) is 48.1 Å². The Labute approximate surface area is 248 Å². The molecule has 0 radical (unpaired) electrons. The maximum Gasteiger partial charge on any atom is 0.186 e. The largest absolute Gasteiger partial charge is 0.396 e. The molecule has 0 aromatic rings. The van der Waals surface area contributed by atoms with Gasteiger partial charge >= 0.3 is 0 Å². The van der Waals surface area contributed by atoms with Crippen LogP contribution in [0.3, 0.4) is 0 Å². The summed E-state index contributed by atoms with van der Waals surface area (Å²) in [6, 6.07) is 0. The van der Waals surface area contributed by atoms with Crippen molar-refractivity contribution in [1.29, 1.82) is 0 Å². The molecule has 6 heteroatoms. The van der Waals surface area contributed by atoms with Crippen molar-refractivity contribution >= 4 is 0 Å². The lowest BCUT2D eigenvalue weighted by Gasteiger charge is -2.73. The highest BCUT2D eigenvalue weighted by Gasteiger charge is 2.71. The van der Waals surface area contributed by atoms with Crippen LogP contribution in [0.4, 0.5) is 0 Å².